The van der Waals surface area contributed by atoms with E-state index in [1.54, 1.807) is 35.6 Å². The number of anilines is 1. The van der Waals surface area contributed by atoms with Gasteiger partial charge < -0.3 is 5.32 Å². The third-order valence-electron chi connectivity index (χ3n) is 2.84. The Morgan fingerprint density at radius 2 is 1.79 bits per heavy atom. The van der Waals surface area contributed by atoms with Gasteiger partial charge in [0, 0.05) is 15.3 Å². The molecule has 0 unspecified atom stereocenters. The number of Topliss-reactive ketones (excluding diaryl/α,β-unsaturated/α-hetero) is 1. The fourth-order valence-electron chi connectivity index (χ4n) is 1.95. The zero-order valence-electron chi connectivity index (χ0n) is 11.1. The van der Waals surface area contributed by atoms with Gasteiger partial charge in [-0.15, -0.1) is 11.3 Å². The van der Waals surface area contributed by atoms with Gasteiger partial charge in [0.15, 0.2) is 5.78 Å². The zero-order chi connectivity index (χ0) is 14.0. The molecule has 4 heteroatoms. The second-order valence-corrected chi connectivity index (χ2v) is 5.84. The van der Waals surface area contributed by atoms with Crippen molar-refractivity contribution in [3.63, 3.8) is 0 Å². The van der Waals surface area contributed by atoms with E-state index in [2.05, 4.69) is 5.32 Å². The quantitative estimate of drug-likeness (QED) is 0.864. The number of para-hydroxylation sites is 1. The maximum absolute atomic E-state index is 12.2. The van der Waals surface area contributed by atoms with Crippen LogP contribution in [-0.4, -0.2) is 11.7 Å². The van der Waals surface area contributed by atoms with E-state index in [1.165, 1.54) is 6.92 Å². The number of carbonyl (C=O) groups excluding carboxylic acids is 2. The smallest absolute Gasteiger partial charge is 0.256 e. The number of aryl methyl sites for hydroxylation is 2. The zero-order valence-corrected chi connectivity index (χ0v) is 11.9. The predicted octanol–water partition coefficient (Wildman–Crippen LogP) is 3.82. The van der Waals surface area contributed by atoms with Crippen LogP contribution in [0.3, 0.4) is 0 Å². The topological polar surface area (TPSA) is 46.2 Å². The van der Waals surface area contributed by atoms with Crippen molar-refractivity contribution in [1.82, 2.24) is 0 Å². The van der Waals surface area contributed by atoms with Gasteiger partial charge in [-0.25, -0.2) is 0 Å². The van der Waals surface area contributed by atoms with Crippen molar-refractivity contribution in [1.29, 1.82) is 0 Å². The first kappa shape index (κ1) is 13.5. The van der Waals surface area contributed by atoms with Gasteiger partial charge >= 0.3 is 0 Å². The van der Waals surface area contributed by atoms with Crippen molar-refractivity contribution in [3.05, 3.63) is 51.2 Å². The molecule has 0 aliphatic carbocycles. The lowest BCUT2D eigenvalue weighted by molar-refractivity contribution is 0.101. The number of amides is 1. The monoisotopic (exact) mass is 273 g/mol. The van der Waals surface area contributed by atoms with Crippen molar-refractivity contribution in [2.24, 2.45) is 0 Å². The minimum absolute atomic E-state index is 0.0610. The summed E-state index contributed by atoms with van der Waals surface area (Å²) in [6.07, 6.45) is 0. The molecule has 0 bridgehead atoms. The van der Waals surface area contributed by atoms with Gasteiger partial charge in [-0.1, -0.05) is 12.1 Å². The maximum Gasteiger partial charge on any atom is 0.256 e. The SMILES string of the molecule is CC(=O)c1ccccc1NC(=O)c1cc(C)sc1C. The van der Waals surface area contributed by atoms with Gasteiger partial charge in [-0.05, 0) is 39.0 Å². The highest BCUT2D eigenvalue weighted by Gasteiger charge is 2.14. The maximum atomic E-state index is 12.2. The Hall–Kier alpha value is -1.94. The minimum atomic E-state index is -0.171. The number of benzene rings is 1. The molecule has 1 aromatic heterocycles. The highest BCUT2D eigenvalue weighted by Crippen LogP contribution is 2.23. The highest BCUT2D eigenvalue weighted by atomic mass is 32.1. The van der Waals surface area contributed by atoms with E-state index in [4.69, 9.17) is 0 Å². The predicted molar refractivity (Wildman–Crippen MR) is 78.2 cm³/mol. The van der Waals surface area contributed by atoms with E-state index in [9.17, 15) is 9.59 Å². The number of hydrogen-bond acceptors (Lipinski definition) is 3. The third-order valence-corrected chi connectivity index (χ3v) is 3.81. The summed E-state index contributed by atoms with van der Waals surface area (Å²) in [5.41, 5.74) is 1.75. The van der Waals surface area contributed by atoms with E-state index in [-0.39, 0.29) is 11.7 Å². The van der Waals surface area contributed by atoms with E-state index < -0.39 is 0 Å². The van der Waals surface area contributed by atoms with Crippen molar-refractivity contribution >= 4 is 28.7 Å². The largest absolute Gasteiger partial charge is 0.321 e. The lowest BCUT2D eigenvalue weighted by Gasteiger charge is -2.08. The Morgan fingerprint density at radius 3 is 2.37 bits per heavy atom. The molecule has 0 fully saturated rings. The second-order valence-electron chi connectivity index (χ2n) is 4.38. The third kappa shape index (κ3) is 2.90. The second kappa shape index (κ2) is 5.36. The number of hydrogen-bond donors (Lipinski definition) is 1. The summed E-state index contributed by atoms with van der Waals surface area (Å²) in [4.78, 5) is 25.8. The van der Waals surface area contributed by atoms with Crippen LogP contribution in [0.5, 0.6) is 0 Å². The first-order chi connectivity index (χ1) is 8.99. The molecule has 0 saturated carbocycles. The molecule has 98 valence electrons. The molecular weight excluding hydrogens is 258 g/mol. The summed E-state index contributed by atoms with van der Waals surface area (Å²) in [6.45, 7) is 5.38. The van der Waals surface area contributed by atoms with E-state index in [0.717, 1.165) is 9.75 Å². The van der Waals surface area contributed by atoms with Crippen LogP contribution in [0.4, 0.5) is 5.69 Å². The van der Waals surface area contributed by atoms with Gasteiger partial charge in [0.1, 0.15) is 0 Å². The van der Waals surface area contributed by atoms with Crippen molar-refractivity contribution in [2.75, 3.05) is 5.32 Å². The normalized spacial score (nSPS) is 10.3. The van der Waals surface area contributed by atoms with E-state index in [0.29, 0.717) is 16.8 Å². The van der Waals surface area contributed by atoms with Crippen LogP contribution in [0.15, 0.2) is 30.3 Å². The molecule has 0 saturated heterocycles. The van der Waals surface area contributed by atoms with Crippen LogP contribution >= 0.6 is 11.3 Å². The average Bonchev–Trinajstić information content (AvgIpc) is 2.69. The van der Waals surface area contributed by atoms with Crippen LogP contribution in [-0.2, 0) is 0 Å². The van der Waals surface area contributed by atoms with Crippen LogP contribution in [0, 0.1) is 13.8 Å². The molecule has 1 N–H and O–H groups in total. The molecule has 0 spiro atoms. The number of nitrogens with one attached hydrogen (secondary N) is 1. The molecule has 3 nitrogen and oxygen atoms in total. The van der Waals surface area contributed by atoms with Crippen molar-refractivity contribution in [2.45, 2.75) is 20.8 Å². The Morgan fingerprint density at radius 1 is 1.11 bits per heavy atom. The standard InChI is InChI=1S/C15H15NO2S/c1-9-8-13(11(3)19-9)15(18)16-14-7-5-4-6-12(14)10(2)17/h4-8H,1-3H3,(H,16,18). The van der Waals surface area contributed by atoms with Gasteiger partial charge in [0.25, 0.3) is 5.91 Å². The first-order valence-electron chi connectivity index (χ1n) is 5.97. The Balaban J connectivity index is 2.29. The van der Waals surface area contributed by atoms with Crippen LogP contribution < -0.4 is 5.32 Å². The Kier molecular flexibility index (Phi) is 3.81. The summed E-state index contributed by atoms with van der Waals surface area (Å²) in [7, 11) is 0. The summed E-state index contributed by atoms with van der Waals surface area (Å²) in [5, 5.41) is 2.81. The molecule has 0 aliphatic heterocycles. The summed E-state index contributed by atoms with van der Waals surface area (Å²) >= 11 is 1.59. The average molecular weight is 273 g/mol. The van der Waals surface area contributed by atoms with Gasteiger partial charge in [0.2, 0.25) is 0 Å². The molecule has 1 aromatic carbocycles. The van der Waals surface area contributed by atoms with Crippen LogP contribution in [0.25, 0.3) is 0 Å². The van der Waals surface area contributed by atoms with Crippen molar-refractivity contribution in [3.8, 4) is 0 Å². The van der Waals surface area contributed by atoms with E-state index >= 15 is 0 Å². The lowest BCUT2D eigenvalue weighted by Crippen LogP contribution is -2.14. The van der Waals surface area contributed by atoms with Gasteiger partial charge in [-0.2, -0.15) is 0 Å². The molecule has 1 heterocycles. The molecule has 2 aromatic rings. The summed E-state index contributed by atoms with van der Waals surface area (Å²) in [5.74, 6) is -0.232. The Bertz CT molecular complexity index is 643. The van der Waals surface area contributed by atoms with Gasteiger partial charge in [0.05, 0.1) is 11.3 Å². The Labute approximate surface area is 116 Å². The molecule has 2 rings (SSSR count). The summed E-state index contributed by atoms with van der Waals surface area (Å²) < 4.78 is 0. The number of rotatable bonds is 3. The molecule has 19 heavy (non-hydrogen) atoms. The van der Waals surface area contributed by atoms with Crippen LogP contribution in [0.1, 0.15) is 37.4 Å². The number of carbonyl (C=O) groups is 2. The molecule has 0 atom stereocenters. The van der Waals surface area contributed by atoms with E-state index in [1.807, 2.05) is 19.9 Å². The van der Waals surface area contributed by atoms with Gasteiger partial charge in [-0.3, -0.25) is 9.59 Å². The van der Waals surface area contributed by atoms with Crippen LogP contribution in [0.2, 0.25) is 0 Å². The highest BCUT2D eigenvalue weighted by molar-refractivity contribution is 7.12. The molecule has 1 amide bonds. The van der Waals surface area contributed by atoms with Crippen molar-refractivity contribution < 1.29 is 9.59 Å². The number of ketones is 1. The molecular formula is C15H15NO2S. The summed E-state index contributed by atoms with van der Waals surface area (Å²) in [6, 6.07) is 8.90. The fraction of sp³-hybridized carbons (Fsp3) is 0.200. The number of thiophene rings is 1. The lowest BCUT2D eigenvalue weighted by atomic mass is 10.1. The minimum Gasteiger partial charge on any atom is -0.321 e. The molecule has 0 radical (unpaired) electrons. The fourth-order valence-corrected chi connectivity index (χ4v) is 2.87. The first-order valence-corrected chi connectivity index (χ1v) is 6.79. The molecule has 0 aliphatic rings.